The number of hydrogen-bond acceptors (Lipinski definition) is 4. The number of allylic oxidation sites excluding steroid dienone is 1. The van der Waals surface area contributed by atoms with E-state index < -0.39 is 0 Å². The monoisotopic (exact) mass is 202 g/mol. The molecule has 0 aromatic rings. The van der Waals surface area contributed by atoms with Crippen molar-refractivity contribution in [1.82, 2.24) is 5.32 Å². The zero-order chi connectivity index (χ0) is 10.8. The molecule has 0 aliphatic heterocycles. The van der Waals surface area contributed by atoms with E-state index in [1.165, 1.54) is 6.20 Å². The van der Waals surface area contributed by atoms with Gasteiger partial charge >= 0.3 is 0 Å². The van der Waals surface area contributed by atoms with Crippen LogP contribution in [0.15, 0.2) is 11.9 Å². The third kappa shape index (κ3) is 7.89. The quantitative estimate of drug-likeness (QED) is 0.503. The summed E-state index contributed by atoms with van der Waals surface area (Å²) in [5, 5.41) is 12.5. The van der Waals surface area contributed by atoms with Crippen molar-refractivity contribution < 1.29 is 9.84 Å². The molecule has 4 nitrogen and oxygen atoms in total. The molecular formula is C10H22N2O2. The van der Waals surface area contributed by atoms with Crippen LogP contribution < -0.4 is 11.1 Å². The van der Waals surface area contributed by atoms with Crippen molar-refractivity contribution >= 4 is 0 Å². The van der Waals surface area contributed by atoms with Gasteiger partial charge in [0.1, 0.15) is 0 Å². The van der Waals surface area contributed by atoms with E-state index in [2.05, 4.69) is 5.32 Å². The lowest BCUT2D eigenvalue weighted by molar-refractivity contribution is 0.149. The van der Waals surface area contributed by atoms with E-state index in [1.54, 1.807) is 7.11 Å². The van der Waals surface area contributed by atoms with Crippen molar-refractivity contribution in [2.45, 2.75) is 32.3 Å². The maximum atomic E-state index is 9.52. The van der Waals surface area contributed by atoms with Crippen molar-refractivity contribution in [2.24, 2.45) is 5.73 Å². The van der Waals surface area contributed by atoms with Gasteiger partial charge in [0, 0.05) is 32.2 Å². The molecule has 1 unspecified atom stereocenters. The molecule has 4 heteroatoms. The molecule has 0 fully saturated rings. The molecule has 14 heavy (non-hydrogen) atoms. The minimum Gasteiger partial charge on any atom is -0.403 e. The van der Waals surface area contributed by atoms with Crippen molar-refractivity contribution in [3.05, 3.63) is 11.9 Å². The standard InChI is InChI=1S/C10H22N2O2/c1-9(7-11)12-8-10(13)5-3-4-6-14-2/h7,10,12-13H,3-6,8,11H2,1-2H3/b9-7-. The highest BCUT2D eigenvalue weighted by atomic mass is 16.5. The van der Waals surface area contributed by atoms with E-state index in [-0.39, 0.29) is 6.10 Å². The minimum atomic E-state index is -0.304. The van der Waals surface area contributed by atoms with Crippen LogP contribution in [0, 0.1) is 0 Å². The van der Waals surface area contributed by atoms with Crippen molar-refractivity contribution in [1.29, 1.82) is 0 Å². The van der Waals surface area contributed by atoms with Gasteiger partial charge in [-0.1, -0.05) is 0 Å². The lowest BCUT2D eigenvalue weighted by atomic mass is 10.1. The molecule has 1 atom stereocenters. The summed E-state index contributed by atoms with van der Waals surface area (Å²) in [6, 6.07) is 0. The van der Waals surface area contributed by atoms with Gasteiger partial charge in [0.2, 0.25) is 0 Å². The first-order valence-corrected chi connectivity index (χ1v) is 5.00. The number of ether oxygens (including phenoxy) is 1. The van der Waals surface area contributed by atoms with Crippen molar-refractivity contribution in [2.75, 3.05) is 20.3 Å². The fraction of sp³-hybridized carbons (Fsp3) is 0.800. The number of aliphatic hydroxyl groups is 1. The molecule has 0 aromatic carbocycles. The van der Waals surface area contributed by atoms with Crippen LogP contribution >= 0.6 is 0 Å². The van der Waals surface area contributed by atoms with Gasteiger partial charge in [-0.15, -0.1) is 0 Å². The fourth-order valence-electron chi connectivity index (χ4n) is 1.07. The SMILES string of the molecule is COCCCCC(O)CN/C(C)=C\N. The summed E-state index contributed by atoms with van der Waals surface area (Å²) in [6.07, 6.45) is 3.98. The average molecular weight is 202 g/mol. The normalized spacial score (nSPS) is 14.1. The van der Waals surface area contributed by atoms with Crippen LogP contribution in [0.3, 0.4) is 0 Å². The maximum absolute atomic E-state index is 9.52. The van der Waals surface area contributed by atoms with Crippen LogP contribution in [0.2, 0.25) is 0 Å². The maximum Gasteiger partial charge on any atom is 0.0712 e. The predicted octanol–water partition coefficient (Wildman–Crippen LogP) is 0.574. The third-order valence-corrected chi connectivity index (χ3v) is 2.00. The summed E-state index contributed by atoms with van der Waals surface area (Å²) in [5.41, 5.74) is 6.16. The smallest absolute Gasteiger partial charge is 0.0712 e. The van der Waals surface area contributed by atoms with Crippen LogP contribution in [-0.4, -0.2) is 31.5 Å². The summed E-state index contributed by atoms with van der Waals surface area (Å²) in [6.45, 7) is 3.20. The van der Waals surface area contributed by atoms with Gasteiger partial charge in [-0.05, 0) is 26.2 Å². The number of aliphatic hydroxyl groups excluding tert-OH is 1. The summed E-state index contributed by atoms with van der Waals surface area (Å²) in [4.78, 5) is 0. The molecule has 0 saturated heterocycles. The highest BCUT2D eigenvalue weighted by molar-refractivity contribution is 4.91. The summed E-state index contributed by atoms with van der Waals surface area (Å²) < 4.78 is 4.92. The van der Waals surface area contributed by atoms with Crippen molar-refractivity contribution in [3.63, 3.8) is 0 Å². The molecule has 0 spiro atoms. The van der Waals surface area contributed by atoms with Gasteiger partial charge in [-0.25, -0.2) is 0 Å². The zero-order valence-electron chi connectivity index (χ0n) is 9.12. The molecule has 0 amide bonds. The Kier molecular flexibility index (Phi) is 8.37. The first-order chi connectivity index (χ1) is 6.70. The lowest BCUT2D eigenvalue weighted by Gasteiger charge is -2.12. The Morgan fingerprint density at radius 3 is 2.86 bits per heavy atom. The van der Waals surface area contributed by atoms with E-state index >= 15 is 0 Å². The number of nitrogens with two attached hydrogens (primary N) is 1. The van der Waals surface area contributed by atoms with E-state index in [0.29, 0.717) is 6.54 Å². The van der Waals surface area contributed by atoms with Gasteiger partial charge in [0.25, 0.3) is 0 Å². The Morgan fingerprint density at radius 2 is 2.29 bits per heavy atom. The van der Waals surface area contributed by atoms with Crippen molar-refractivity contribution in [3.8, 4) is 0 Å². The zero-order valence-corrected chi connectivity index (χ0v) is 9.12. The van der Waals surface area contributed by atoms with Gasteiger partial charge in [-0.2, -0.15) is 0 Å². The molecule has 0 aromatic heterocycles. The third-order valence-electron chi connectivity index (χ3n) is 2.00. The number of nitrogens with one attached hydrogen (secondary N) is 1. The number of unbranched alkanes of at least 4 members (excludes halogenated alkanes) is 1. The molecule has 0 aliphatic rings. The van der Waals surface area contributed by atoms with E-state index in [0.717, 1.165) is 31.6 Å². The number of methoxy groups -OCH3 is 1. The Labute approximate surface area is 86.1 Å². The molecule has 0 rings (SSSR count). The number of hydrogen-bond donors (Lipinski definition) is 3. The lowest BCUT2D eigenvalue weighted by Crippen LogP contribution is -2.25. The number of rotatable bonds is 8. The predicted molar refractivity (Wildman–Crippen MR) is 57.7 cm³/mol. The van der Waals surface area contributed by atoms with Gasteiger partial charge < -0.3 is 20.9 Å². The summed E-state index contributed by atoms with van der Waals surface area (Å²) in [7, 11) is 1.69. The second-order valence-corrected chi connectivity index (χ2v) is 3.37. The van der Waals surface area contributed by atoms with Crippen LogP contribution in [0.1, 0.15) is 26.2 Å². The largest absolute Gasteiger partial charge is 0.403 e. The molecule has 0 radical (unpaired) electrons. The van der Waals surface area contributed by atoms with Crippen LogP contribution in [-0.2, 0) is 4.74 Å². The topological polar surface area (TPSA) is 67.5 Å². The summed E-state index contributed by atoms with van der Waals surface area (Å²) >= 11 is 0. The van der Waals surface area contributed by atoms with Crippen LogP contribution in [0.4, 0.5) is 0 Å². The second kappa shape index (κ2) is 8.84. The molecule has 4 N–H and O–H groups in total. The van der Waals surface area contributed by atoms with E-state index in [9.17, 15) is 5.11 Å². The Hall–Kier alpha value is -0.740. The minimum absolute atomic E-state index is 0.304. The Bertz CT molecular complexity index is 160. The molecule has 0 aliphatic carbocycles. The first kappa shape index (κ1) is 13.3. The van der Waals surface area contributed by atoms with Crippen LogP contribution in [0.25, 0.3) is 0 Å². The molecule has 0 heterocycles. The average Bonchev–Trinajstić information content (AvgIpc) is 2.21. The van der Waals surface area contributed by atoms with E-state index in [1.807, 2.05) is 6.92 Å². The fourth-order valence-corrected chi connectivity index (χ4v) is 1.07. The van der Waals surface area contributed by atoms with Gasteiger partial charge in [0.05, 0.1) is 6.10 Å². The molecule has 0 bridgehead atoms. The van der Waals surface area contributed by atoms with Gasteiger partial charge in [-0.3, -0.25) is 0 Å². The second-order valence-electron chi connectivity index (χ2n) is 3.37. The highest BCUT2D eigenvalue weighted by Gasteiger charge is 2.02. The Morgan fingerprint density at radius 1 is 1.57 bits per heavy atom. The van der Waals surface area contributed by atoms with Crippen LogP contribution in [0.5, 0.6) is 0 Å². The molecule has 84 valence electrons. The van der Waals surface area contributed by atoms with Gasteiger partial charge in [0.15, 0.2) is 0 Å². The first-order valence-electron chi connectivity index (χ1n) is 5.00. The summed E-state index contributed by atoms with van der Waals surface area (Å²) in [5.74, 6) is 0. The molecular weight excluding hydrogens is 180 g/mol. The molecule has 0 saturated carbocycles. The Balaban J connectivity index is 3.32. The highest BCUT2D eigenvalue weighted by Crippen LogP contribution is 2.00. The van der Waals surface area contributed by atoms with E-state index in [4.69, 9.17) is 10.5 Å².